The van der Waals surface area contributed by atoms with E-state index in [0.29, 0.717) is 34.9 Å². The van der Waals surface area contributed by atoms with Gasteiger partial charge in [-0.3, -0.25) is 5.32 Å². The van der Waals surface area contributed by atoms with Gasteiger partial charge in [0, 0.05) is 11.6 Å². The molecule has 0 aromatic heterocycles. The van der Waals surface area contributed by atoms with Crippen molar-refractivity contribution in [2.45, 2.75) is 18.9 Å². The summed E-state index contributed by atoms with van der Waals surface area (Å²) in [4.78, 5) is 14.5. The van der Waals surface area contributed by atoms with Crippen LogP contribution in [0.15, 0.2) is 36.4 Å². The Morgan fingerprint density at radius 2 is 1.96 bits per heavy atom. The standard InChI is InChI=1S/C21H25FN2O4/c1-24-10-4-5-16(24)13-28-21(25)23-18-8-7-15(22)12-17(18)14-6-9-19(26-2)20(11-14)27-3/h6-9,11-12,16H,4-5,10,13H2,1-3H3,(H,23,25)/t16-/m0/s1. The normalized spacial score (nSPS) is 16.6. The second-order valence-electron chi connectivity index (χ2n) is 6.76. The van der Waals surface area contributed by atoms with Crippen LogP contribution in [0.2, 0.25) is 0 Å². The Hall–Kier alpha value is -2.80. The first-order chi connectivity index (χ1) is 13.5. The summed E-state index contributed by atoms with van der Waals surface area (Å²) in [6.07, 6.45) is 1.55. The number of rotatable bonds is 6. The number of methoxy groups -OCH3 is 2. The van der Waals surface area contributed by atoms with Crippen LogP contribution in [0.5, 0.6) is 11.5 Å². The number of carbonyl (C=O) groups is 1. The zero-order valence-corrected chi connectivity index (χ0v) is 16.3. The highest BCUT2D eigenvalue weighted by Gasteiger charge is 2.22. The molecule has 3 rings (SSSR count). The molecule has 150 valence electrons. The first-order valence-electron chi connectivity index (χ1n) is 9.17. The van der Waals surface area contributed by atoms with Gasteiger partial charge in [-0.2, -0.15) is 0 Å². The number of nitrogens with zero attached hydrogens (tertiary/aromatic N) is 1. The van der Waals surface area contributed by atoms with Crippen molar-refractivity contribution >= 4 is 11.8 Å². The highest BCUT2D eigenvalue weighted by molar-refractivity contribution is 5.91. The van der Waals surface area contributed by atoms with Gasteiger partial charge < -0.3 is 19.1 Å². The molecule has 1 aliphatic heterocycles. The molecule has 28 heavy (non-hydrogen) atoms. The zero-order valence-electron chi connectivity index (χ0n) is 16.3. The van der Waals surface area contributed by atoms with Crippen LogP contribution in [0.4, 0.5) is 14.9 Å². The Morgan fingerprint density at radius 1 is 1.18 bits per heavy atom. The van der Waals surface area contributed by atoms with Crippen molar-refractivity contribution in [1.82, 2.24) is 4.90 Å². The molecule has 2 aromatic carbocycles. The number of hydrogen-bond acceptors (Lipinski definition) is 5. The lowest BCUT2D eigenvalue weighted by molar-refractivity contribution is 0.127. The van der Waals surface area contributed by atoms with Gasteiger partial charge >= 0.3 is 6.09 Å². The highest BCUT2D eigenvalue weighted by atomic mass is 19.1. The number of likely N-dealkylation sites (tertiary alicyclic amines) is 1. The maximum Gasteiger partial charge on any atom is 0.411 e. The number of anilines is 1. The zero-order chi connectivity index (χ0) is 20.1. The van der Waals surface area contributed by atoms with Crippen LogP contribution in [0, 0.1) is 5.82 Å². The van der Waals surface area contributed by atoms with E-state index < -0.39 is 11.9 Å². The van der Waals surface area contributed by atoms with E-state index in [-0.39, 0.29) is 6.04 Å². The third kappa shape index (κ3) is 4.54. The average molecular weight is 388 g/mol. The third-order valence-electron chi connectivity index (χ3n) is 4.99. The van der Waals surface area contributed by atoms with Gasteiger partial charge in [-0.1, -0.05) is 6.07 Å². The fourth-order valence-electron chi connectivity index (χ4n) is 3.38. The van der Waals surface area contributed by atoms with Crippen molar-refractivity contribution in [2.75, 3.05) is 39.7 Å². The SMILES string of the molecule is COc1ccc(-c2cc(F)ccc2NC(=O)OC[C@@H]2CCCN2C)cc1OC. The van der Waals surface area contributed by atoms with Gasteiger partial charge in [-0.25, -0.2) is 9.18 Å². The van der Waals surface area contributed by atoms with Crippen molar-refractivity contribution in [1.29, 1.82) is 0 Å². The molecule has 1 N–H and O–H groups in total. The number of amides is 1. The fourth-order valence-corrected chi connectivity index (χ4v) is 3.38. The second-order valence-corrected chi connectivity index (χ2v) is 6.76. The minimum Gasteiger partial charge on any atom is -0.493 e. The molecule has 0 bridgehead atoms. The molecule has 1 amide bonds. The van der Waals surface area contributed by atoms with Gasteiger partial charge in [0.2, 0.25) is 0 Å². The van der Waals surface area contributed by atoms with E-state index in [1.54, 1.807) is 25.3 Å². The Labute approximate surface area is 164 Å². The molecule has 0 saturated carbocycles. The van der Waals surface area contributed by atoms with Gasteiger partial charge in [-0.15, -0.1) is 0 Å². The number of ether oxygens (including phenoxy) is 3. The Bertz CT molecular complexity index is 843. The maximum atomic E-state index is 13.9. The molecule has 1 heterocycles. The summed E-state index contributed by atoms with van der Waals surface area (Å²) in [6.45, 7) is 1.34. The first kappa shape index (κ1) is 19.9. The van der Waals surface area contributed by atoms with Crippen molar-refractivity contribution in [3.63, 3.8) is 0 Å². The summed E-state index contributed by atoms with van der Waals surface area (Å²) in [5.74, 6) is 0.676. The van der Waals surface area contributed by atoms with E-state index in [9.17, 15) is 9.18 Å². The average Bonchev–Trinajstić information content (AvgIpc) is 3.12. The molecule has 1 aliphatic rings. The van der Waals surface area contributed by atoms with E-state index in [1.807, 2.05) is 7.05 Å². The molecule has 0 unspecified atom stereocenters. The summed E-state index contributed by atoms with van der Waals surface area (Å²) in [6, 6.07) is 9.66. The van der Waals surface area contributed by atoms with E-state index in [0.717, 1.165) is 19.4 Å². The van der Waals surface area contributed by atoms with Gasteiger partial charge in [0.1, 0.15) is 12.4 Å². The first-order valence-corrected chi connectivity index (χ1v) is 9.17. The lowest BCUT2D eigenvalue weighted by Gasteiger charge is -2.19. The number of halogens is 1. The Balaban J connectivity index is 1.78. The maximum absolute atomic E-state index is 13.9. The van der Waals surface area contributed by atoms with Gasteiger partial charge in [0.15, 0.2) is 11.5 Å². The highest BCUT2D eigenvalue weighted by Crippen LogP contribution is 2.35. The number of likely N-dealkylation sites (N-methyl/N-ethyl adjacent to an activating group) is 1. The molecular formula is C21H25FN2O4. The summed E-state index contributed by atoms with van der Waals surface area (Å²) in [7, 11) is 5.10. The molecule has 1 fully saturated rings. The quantitative estimate of drug-likeness (QED) is 0.806. The summed E-state index contributed by atoms with van der Waals surface area (Å²) >= 11 is 0. The largest absolute Gasteiger partial charge is 0.493 e. The molecule has 2 aromatic rings. The van der Waals surface area contributed by atoms with Crippen molar-refractivity contribution < 1.29 is 23.4 Å². The summed E-state index contributed by atoms with van der Waals surface area (Å²) in [5.41, 5.74) is 1.66. The smallest absolute Gasteiger partial charge is 0.411 e. The fraction of sp³-hybridized carbons (Fsp3) is 0.381. The molecule has 6 nitrogen and oxygen atoms in total. The lowest BCUT2D eigenvalue weighted by Crippen LogP contribution is -2.31. The van der Waals surface area contributed by atoms with Crippen LogP contribution >= 0.6 is 0 Å². The van der Waals surface area contributed by atoms with Crippen LogP contribution in [-0.2, 0) is 4.74 Å². The second kappa shape index (κ2) is 8.93. The topological polar surface area (TPSA) is 60.0 Å². The van der Waals surface area contributed by atoms with E-state index in [4.69, 9.17) is 14.2 Å². The Kier molecular flexibility index (Phi) is 6.36. The van der Waals surface area contributed by atoms with Gasteiger partial charge in [0.25, 0.3) is 0 Å². The van der Waals surface area contributed by atoms with Crippen LogP contribution < -0.4 is 14.8 Å². The predicted octanol–water partition coefficient (Wildman–Crippen LogP) is 4.15. The van der Waals surface area contributed by atoms with E-state index >= 15 is 0 Å². The molecule has 0 spiro atoms. The van der Waals surface area contributed by atoms with Crippen LogP contribution in [-0.4, -0.2) is 51.5 Å². The van der Waals surface area contributed by atoms with Crippen LogP contribution in [0.25, 0.3) is 11.1 Å². The van der Waals surface area contributed by atoms with Crippen molar-refractivity contribution in [3.05, 3.63) is 42.2 Å². The Morgan fingerprint density at radius 3 is 2.64 bits per heavy atom. The predicted molar refractivity (Wildman–Crippen MR) is 106 cm³/mol. The molecule has 0 aliphatic carbocycles. The summed E-state index contributed by atoms with van der Waals surface area (Å²) < 4.78 is 29.8. The van der Waals surface area contributed by atoms with Crippen LogP contribution in [0.1, 0.15) is 12.8 Å². The molecular weight excluding hydrogens is 363 g/mol. The number of benzene rings is 2. The molecule has 1 atom stereocenters. The van der Waals surface area contributed by atoms with Gasteiger partial charge in [-0.05, 0) is 62.3 Å². The minimum absolute atomic E-state index is 0.240. The number of nitrogens with one attached hydrogen (secondary N) is 1. The third-order valence-corrected chi connectivity index (χ3v) is 4.99. The monoisotopic (exact) mass is 388 g/mol. The van der Waals surface area contributed by atoms with Crippen molar-refractivity contribution in [3.8, 4) is 22.6 Å². The molecule has 0 radical (unpaired) electrons. The molecule has 1 saturated heterocycles. The lowest BCUT2D eigenvalue weighted by atomic mass is 10.0. The number of carbonyl (C=O) groups excluding carboxylic acids is 1. The minimum atomic E-state index is -0.561. The van der Waals surface area contributed by atoms with Crippen molar-refractivity contribution in [2.24, 2.45) is 0 Å². The van der Waals surface area contributed by atoms with E-state index in [1.165, 1.54) is 25.3 Å². The van der Waals surface area contributed by atoms with E-state index in [2.05, 4.69) is 10.2 Å². The van der Waals surface area contributed by atoms with Gasteiger partial charge in [0.05, 0.1) is 19.9 Å². The van der Waals surface area contributed by atoms with Crippen LogP contribution in [0.3, 0.4) is 0 Å². The molecule has 7 heteroatoms. The number of hydrogen-bond donors (Lipinski definition) is 1. The summed E-state index contributed by atoms with van der Waals surface area (Å²) in [5, 5.41) is 2.72.